The van der Waals surface area contributed by atoms with Crippen molar-refractivity contribution in [2.45, 2.75) is 71.4 Å². The lowest BCUT2D eigenvalue weighted by atomic mass is 10.0. The fourth-order valence-electron chi connectivity index (χ4n) is 5.41. The van der Waals surface area contributed by atoms with Crippen molar-refractivity contribution >= 4 is 22.8 Å². The highest BCUT2D eigenvalue weighted by Gasteiger charge is 2.26. The van der Waals surface area contributed by atoms with Crippen molar-refractivity contribution in [1.82, 2.24) is 19.8 Å². The summed E-state index contributed by atoms with van der Waals surface area (Å²) in [6.45, 7) is 4.96. The summed E-state index contributed by atoms with van der Waals surface area (Å²) in [6, 6.07) is 7.26. The Balaban J connectivity index is 1.70. The summed E-state index contributed by atoms with van der Waals surface area (Å²) in [4.78, 5) is 45.8. The van der Waals surface area contributed by atoms with Gasteiger partial charge in [0.1, 0.15) is 16.9 Å². The summed E-state index contributed by atoms with van der Waals surface area (Å²) in [5.41, 5.74) is 0.969. The number of carbonyl (C=O) groups excluding carboxylic acids is 2. The molecule has 4 rings (SSSR count). The van der Waals surface area contributed by atoms with Gasteiger partial charge in [0.25, 0.3) is 11.5 Å². The quantitative estimate of drug-likeness (QED) is 0.325. The van der Waals surface area contributed by atoms with E-state index in [0.29, 0.717) is 44.3 Å². The van der Waals surface area contributed by atoms with E-state index in [-0.39, 0.29) is 36.3 Å². The summed E-state index contributed by atoms with van der Waals surface area (Å²) in [5.74, 6) is -1.33. The van der Waals surface area contributed by atoms with Gasteiger partial charge in [0.15, 0.2) is 5.75 Å². The van der Waals surface area contributed by atoms with E-state index in [1.807, 2.05) is 18.7 Å². The highest BCUT2D eigenvalue weighted by molar-refractivity contribution is 6.01. The molecule has 3 heterocycles. The molecule has 1 saturated heterocycles. The average molecular weight is 567 g/mol. The minimum Gasteiger partial charge on any atom is -0.505 e. The first-order chi connectivity index (χ1) is 19.7. The molecule has 0 bridgehead atoms. The predicted molar refractivity (Wildman–Crippen MR) is 154 cm³/mol. The monoisotopic (exact) mass is 566 g/mol. The van der Waals surface area contributed by atoms with Crippen LogP contribution in [0.2, 0.25) is 0 Å². The number of fused-ring (bicyclic) bond motifs is 1. The molecule has 1 aliphatic heterocycles. The summed E-state index contributed by atoms with van der Waals surface area (Å²) in [6.07, 6.45) is 6.31. The van der Waals surface area contributed by atoms with Gasteiger partial charge in [0.05, 0.1) is 18.2 Å². The number of aliphatic hydroxyl groups is 1. The molecule has 3 N–H and O–H groups in total. The fourth-order valence-corrected chi connectivity index (χ4v) is 5.41. The first kappa shape index (κ1) is 30.2. The molecule has 41 heavy (non-hydrogen) atoms. The molecule has 0 saturated carbocycles. The number of nitrogens with zero attached hydrogens (tertiary/aromatic N) is 3. The zero-order chi connectivity index (χ0) is 29.5. The van der Waals surface area contributed by atoms with Gasteiger partial charge >= 0.3 is 0 Å². The lowest BCUT2D eigenvalue weighted by molar-refractivity contribution is -0.130. The van der Waals surface area contributed by atoms with Crippen molar-refractivity contribution in [2.75, 3.05) is 19.7 Å². The molecule has 10 heteroatoms. The van der Waals surface area contributed by atoms with Crippen LogP contribution < -0.4 is 10.9 Å². The van der Waals surface area contributed by atoms with E-state index in [0.717, 1.165) is 30.4 Å². The van der Waals surface area contributed by atoms with Crippen LogP contribution in [0, 0.1) is 11.7 Å². The number of rotatable bonds is 11. The zero-order valence-corrected chi connectivity index (χ0v) is 23.7. The Morgan fingerprint density at radius 1 is 1.10 bits per heavy atom. The summed E-state index contributed by atoms with van der Waals surface area (Å²) >= 11 is 0. The van der Waals surface area contributed by atoms with E-state index in [1.165, 1.54) is 16.7 Å². The molecule has 0 radical (unpaired) electrons. The molecular weight excluding hydrogens is 527 g/mol. The maximum absolute atomic E-state index is 13.8. The summed E-state index contributed by atoms with van der Waals surface area (Å²) in [7, 11) is 0. The van der Waals surface area contributed by atoms with Crippen molar-refractivity contribution in [3.05, 3.63) is 69.4 Å². The lowest BCUT2D eigenvalue weighted by Gasteiger charge is -2.22. The van der Waals surface area contributed by atoms with Gasteiger partial charge in [-0.05, 0) is 67.3 Å². The van der Waals surface area contributed by atoms with Crippen LogP contribution in [0.4, 0.5) is 4.39 Å². The molecule has 0 aliphatic carbocycles. The molecule has 220 valence electrons. The predicted octanol–water partition coefficient (Wildman–Crippen LogP) is 3.76. The van der Waals surface area contributed by atoms with Crippen molar-refractivity contribution in [3.63, 3.8) is 0 Å². The largest absolute Gasteiger partial charge is 0.505 e. The van der Waals surface area contributed by atoms with Gasteiger partial charge in [0, 0.05) is 32.3 Å². The Morgan fingerprint density at radius 2 is 1.85 bits per heavy atom. The van der Waals surface area contributed by atoms with E-state index in [4.69, 9.17) is 0 Å². The number of halogens is 1. The normalized spacial score (nSPS) is 14.9. The maximum atomic E-state index is 13.8. The molecule has 1 atom stereocenters. The topological polar surface area (TPSA) is 125 Å². The first-order valence-electron chi connectivity index (χ1n) is 14.4. The van der Waals surface area contributed by atoms with Crippen LogP contribution in [-0.2, 0) is 17.8 Å². The van der Waals surface area contributed by atoms with E-state index >= 15 is 0 Å². The fraction of sp³-hybridized carbons (Fsp3) is 0.484. The Kier molecular flexibility index (Phi) is 10.1. The van der Waals surface area contributed by atoms with Gasteiger partial charge in [-0.15, -0.1) is 0 Å². The minimum atomic E-state index is -0.775. The lowest BCUT2D eigenvalue weighted by Crippen LogP contribution is -2.41. The number of aromatic nitrogens is 2. The third-order valence-corrected chi connectivity index (χ3v) is 7.48. The smallest absolute Gasteiger partial charge is 0.267 e. The van der Waals surface area contributed by atoms with Gasteiger partial charge < -0.3 is 25.0 Å². The number of nitrogens with one attached hydrogen (secondary N) is 1. The summed E-state index contributed by atoms with van der Waals surface area (Å²) in [5, 5.41) is 23.5. The molecular formula is C31H39FN4O5. The second-order valence-electron chi connectivity index (χ2n) is 11.2. The van der Waals surface area contributed by atoms with Crippen LogP contribution in [-0.4, -0.2) is 62.2 Å². The van der Waals surface area contributed by atoms with Crippen molar-refractivity contribution < 1.29 is 24.2 Å². The van der Waals surface area contributed by atoms with E-state index in [2.05, 4.69) is 10.3 Å². The number of pyridine rings is 2. The third-order valence-electron chi connectivity index (χ3n) is 7.48. The van der Waals surface area contributed by atoms with Gasteiger partial charge in [-0.25, -0.2) is 4.39 Å². The van der Waals surface area contributed by atoms with Crippen LogP contribution in [0.3, 0.4) is 0 Å². The number of amides is 2. The van der Waals surface area contributed by atoms with Crippen molar-refractivity contribution in [1.29, 1.82) is 0 Å². The van der Waals surface area contributed by atoms with Gasteiger partial charge in [0.2, 0.25) is 5.91 Å². The second kappa shape index (κ2) is 13.7. The Hall–Kier alpha value is -3.79. The van der Waals surface area contributed by atoms with Crippen LogP contribution >= 0.6 is 0 Å². The van der Waals surface area contributed by atoms with Crippen LogP contribution in [0.5, 0.6) is 5.75 Å². The second-order valence-corrected chi connectivity index (χ2v) is 11.2. The number of hydrogen-bond donors (Lipinski definition) is 3. The molecule has 1 fully saturated rings. The average Bonchev–Trinajstić information content (AvgIpc) is 3.14. The zero-order valence-electron chi connectivity index (χ0n) is 23.7. The van der Waals surface area contributed by atoms with Crippen molar-refractivity contribution in [3.8, 4) is 5.75 Å². The molecule has 1 aromatic carbocycles. The Bertz CT molecular complexity index is 1440. The number of likely N-dealkylation sites (tertiary alicyclic amines) is 1. The van der Waals surface area contributed by atoms with Gasteiger partial charge in [-0.3, -0.25) is 19.4 Å². The van der Waals surface area contributed by atoms with Crippen LogP contribution in [0.1, 0.15) is 73.9 Å². The number of hydrogen-bond acceptors (Lipinski definition) is 6. The Labute approximate surface area is 239 Å². The number of aliphatic hydroxyl groups excluding tert-OH is 1. The Morgan fingerprint density at radius 3 is 2.56 bits per heavy atom. The minimum absolute atomic E-state index is 0.105. The highest BCUT2D eigenvalue weighted by atomic mass is 19.1. The molecule has 9 nitrogen and oxygen atoms in total. The van der Waals surface area contributed by atoms with E-state index in [9.17, 15) is 29.0 Å². The maximum Gasteiger partial charge on any atom is 0.267 e. The number of benzene rings is 1. The van der Waals surface area contributed by atoms with E-state index < -0.39 is 28.8 Å². The SMILES string of the molecule is CC(C)CC(CO)NC(=O)c1c(O)c2ncc(Cc3ccc(F)cc3)cc2n(CCCN2CCCCCC2=O)c1=O. The first-order valence-corrected chi connectivity index (χ1v) is 14.4. The molecule has 2 aromatic heterocycles. The van der Waals surface area contributed by atoms with Crippen molar-refractivity contribution in [2.24, 2.45) is 5.92 Å². The molecule has 3 aromatic rings. The highest BCUT2D eigenvalue weighted by Crippen LogP contribution is 2.27. The standard InChI is InChI=1S/C31H39FN4O5/c1-20(2)15-24(19-37)34-30(40)27-29(39)28-25(17-22(18-33-28)16-21-8-10-23(32)11-9-21)36(31(27)41)14-6-13-35-12-5-3-4-7-26(35)38/h8-11,17-18,20,24,37,39H,3-7,12-16,19H2,1-2H3,(H,34,40). The molecule has 1 aliphatic rings. The van der Waals surface area contributed by atoms with Crippen LogP contribution in [0.25, 0.3) is 11.0 Å². The number of carbonyl (C=O) groups is 2. The molecule has 2 amide bonds. The third kappa shape index (κ3) is 7.49. The molecule has 1 unspecified atom stereocenters. The van der Waals surface area contributed by atoms with Gasteiger partial charge in [-0.2, -0.15) is 0 Å². The van der Waals surface area contributed by atoms with Gasteiger partial charge in [-0.1, -0.05) is 32.4 Å². The number of aryl methyl sites for hydroxylation is 1. The van der Waals surface area contributed by atoms with Crippen LogP contribution in [0.15, 0.2) is 41.3 Å². The van der Waals surface area contributed by atoms with E-state index in [1.54, 1.807) is 24.4 Å². The summed E-state index contributed by atoms with van der Waals surface area (Å²) < 4.78 is 14.8. The molecule has 0 spiro atoms. The number of aromatic hydroxyl groups is 1.